The number of benzene rings is 3. The first-order chi connectivity index (χ1) is 12.5. The van der Waals surface area contributed by atoms with Gasteiger partial charge in [0.1, 0.15) is 12.1 Å². The van der Waals surface area contributed by atoms with Crippen LogP contribution in [0.15, 0.2) is 65.7 Å². The van der Waals surface area contributed by atoms with Crippen LogP contribution in [0.25, 0.3) is 21.8 Å². The number of phenols is 1. The van der Waals surface area contributed by atoms with Crippen LogP contribution in [0.1, 0.15) is 30.9 Å². The molecule has 0 saturated heterocycles. The predicted molar refractivity (Wildman–Crippen MR) is 110 cm³/mol. The summed E-state index contributed by atoms with van der Waals surface area (Å²) in [6.07, 6.45) is 1.86. The Labute approximate surface area is 153 Å². The van der Waals surface area contributed by atoms with Crippen molar-refractivity contribution in [3.8, 4) is 5.75 Å². The predicted octanol–water partition coefficient (Wildman–Crippen LogP) is 6.14. The number of fused-ring (bicyclic) bond motifs is 3. The van der Waals surface area contributed by atoms with Crippen molar-refractivity contribution >= 4 is 33.8 Å². The summed E-state index contributed by atoms with van der Waals surface area (Å²) in [6, 6.07) is 20.1. The number of aromatic hydroxyl groups is 1. The monoisotopic (exact) mass is 342 g/mol. The molecule has 0 spiro atoms. The van der Waals surface area contributed by atoms with Crippen LogP contribution in [-0.2, 0) is 0 Å². The van der Waals surface area contributed by atoms with Crippen molar-refractivity contribution in [2.45, 2.75) is 26.7 Å². The number of para-hydroxylation sites is 1. The first kappa shape index (κ1) is 16.4. The average Bonchev–Trinajstić information content (AvgIpc) is 2.93. The molecule has 1 heterocycles. The SMILES string of the molecule is Cc1ccc(/N=C/n2c3ccccc3c3ccc(O)cc32)c(C(C)C)c1. The van der Waals surface area contributed by atoms with E-state index in [0.29, 0.717) is 5.92 Å². The number of rotatable bonds is 3. The van der Waals surface area contributed by atoms with E-state index in [1.165, 1.54) is 11.1 Å². The van der Waals surface area contributed by atoms with Crippen molar-refractivity contribution in [3.05, 3.63) is 71.8 Å². The van der Waals surface area contributed by atoms with Crippen LogP contribution in [-0.4, -0.2) is 16.0 Å². The van der Waals surface area contributed by atoms with Crippen molar-refractivity contribution < 1.29 is 5.11 Å². The van der Waals surface area contributed by atoms with E-state index in [4.69, 9.17) is 4.99 Å². The van der Waals surface area contributed by atoms with E-state index in [-0.39, 0.29) is 5.75 Å². The van der Waals surface area contributed by atoms with Crippen molar-refractivity contribution in [1.29, 1.82) is 0 Å². The minimum Gasteiger partial charge on any atom is -0.508 e. The molecule has 3 nitrogen and oxygen atoms in total. The first-order valence-corrected chi connectivity index (χ1v) is 8.91. The van der Waals surface area contributed by atoms with Gasteiger partial charge in [0, 0.05) is 16.8 Å². The zero-order chi connectivity index (χ0) is 18.3. The van der Waals surface area contributed by atoms with Crippen molar-refractivity contribution in [2.24, 2.45) is 4.99 Å². The zero-order valence-corrected chi connectivity index (χ0v) is 15.3. The van der Waals surface area contributed by atoms with E-state index in [9.17, 15) is 5.11 Å². The van der Waals surface area contributed by atoms with Gasteiger partial charge in [0.2, 0.25) is 0 Å². The molecule has 1 N–H and O–H groups in total. The number of aliphatic imine (C=N–C) groups is 1. The second kappa shape index (κ2) is 6.34. The zero-order valence-electron chi connectivity index (χ0n) is 15.3. The Balaban J connectivity index is 1.92. The van der Waals surface area contributed by atoms with Crippen LogP contribution in [0.2, 0.25) is 0 Å². The number of aryl methyl sites for hydroxylation is 1. The summed E-state index contributed by atoms with van der Waals surface area (Å²) in [6.45, 7) is 6.48. The highest BCUT2D eigenvalue weighted by molar-refractivity contribution is 6.11. The van der Waals surface area contributed by atoms with E-state index in [2.05, 4.69) is 51.1 Å². The number of hydrogen-bond acceptors (Lipinski definition) is 2. The molecule has 0 radical (unpaired) electrons. The third-order valence-corrected chi connectivity index (χ3v) is 4.81. The Morgan fingerprint density at radius 2 is 1.69 bits per heavy atom. The van der Waals surface area contributed by atoms with Crippen molar-refractivity contribution in [3.63, 3.8) is 0 Å². The maximum Gasteiger partial charge on any atom is 0.117 e. The Morgan fingerprint density at radius 1 is 0.923 bits per heavy atom. The highest BCUT2D eigenvalue weighted by atomic mass is 16.3. The fourth-order valence-corrected chi connectivity index (χ4v) is 3.49. The van der Waals surface area contributed by atoms with Crippen LogP contribution < -0.4 is 0 Å². The maximum absolute atomic E-state index is 9.95. The summed E-state index contributed by atoms with van der Waals surface area (Å²) in [5.41, 5.74) is 5.50. The van der Waals surface area contributed by atoms with Gasteiger partial charge in [0.05, 0.1) is 16.7 Å². The van der Waals surface area contributed by atoms with E-state index in [0.717, 1.165) is 27.5 Å². The smallest absolute Gasteiger partial charge is 0.117 e. The molecule has 0 saturated carbocycles. The molecule has 0 unspecified atom stereocenters. The molecule has 3 aromatic carbocycles. The van der Waals surface area contributed by atoms with Gasteiger partial charge in [-0.15, -0.1) is 0 Å². The normalized spacial score (nSPS) is 12.0. The quantitative estimate of drug-likeness (QED) is 0.352. The number of nitrogens with zero attached hydrogens (tertiary/aromatic N) is 2. The highest BCUT2D eigenvalue weighted by Gasteiger charge is 2.10. The second-order valence-corrected chi connectivity index (χ2v) is 7.05. The lowest BCUT2D eigenvalue weighted by Crippen LogP contribution is -1.95. The summed E-state index contributed by atoms with van der Waals surface area (Å²) in [5, 5.41) is 12.2. The van der Waals surface area contributed by atoms with Gasteiger partial charge in [-0.3, -0.25) is 4.57 Å². The van der Waals surface area contributed by atoms with Gasteiger partial charge < -0.3 is 5.11 Å². The molecule has 0 fully saturated rings. The highest BCUT2D eigenvalue weighted by Crippen LogP contribution is 2.31. The van der Waals surface area contributed by atoms with Gasteiger partial charge in [-0.1, -0.05) is 49.7 Å². The van der Waals surface area contributed by atoms with Gasteiger partial charge in [-0.05, 0) is 42.7 Å². The Kier molecular flexibility index (Phi) is 4.00. The third-order valence-electron chi connectivity index (χ3n) is 4.81. The van der Waals surface area contributed by atoms with Crippen molar-refractivity contribution in [2.75, 3.05) is 0 Å². The number of aromatic nitrogens is 1. The molecule has 4 aromatic rings. The van der Waals surface area contributed by atoms with Crippen molar-refractivity contribution in [1.82, 2.24) is 4.57 Å². The molecule has 0 aliphatic rings. The second-order valence-electron chi connectivity index (χ2n) is 7.05. The molecule has 4 rings (SSSR count). The van der Waals surface area contributed by atoms with Gasteiger partial charge >= 0.3 is 0 Å². The summed E-state index contributed by atoms with van der Waals surface area (Å²) in [5.74, 6) is 0.664. The molecule has 1 aromatic heterocycles. The molecular formula is C23H22N2O. The molecule has 0 aliphatic carbocycles. The van der Waals surface area contributed by atoms with Gasteiger partial charge in [0.25, 0.3) is 0 Å². The van der Waals surface area contributed by atoms with E-state index < -0.39 is 0 Å². The maximum atomic E-state index is 9.95. The van der Waals surface area contributed by atoms with E-state index in [1.54, 1.807) is 12.1 Å². The molecule has 0 amide bonds. The lowest BCUT2D eigenvalue weighted by atomic mass is 9.99. The van der Waals surface area contributed by atoms with Gasteiger partial charge in [0.15, 0.2) is 0 Å². The van der Waals surface area contributed by atoms with E-state index >= 15 is 0 Å². The average molecular weight is 342 g/mol. The summed E-state index contributed by atoms with van der Waals surface area (Å²) >= 11 is 0. The van der Waals surface area contributed by atoms with Crippen LogP contribution in [0.3, 0.4) is 0 Å². The molecule has 26 heavy (non-hydrogen) atoms. The number of hydrogen-bond donors (Lipinski definition) is 1. The Morgan fingerprint density at radius 3 is 2.50 bits per heavy atom. The minimum absolute atomic E-state index is 0.258. The standard InChI is InChI=1S/C23H22N2O/c1-15(2)20-12-16(3)8-11-21(20)24-14-25-22-7-5-4-6-18(22)19-10-9-17(26)13-23(19)25/h4-15,26H,1-3H3/b24-14+. The fourth-order valence-electron chi connectivity index (χ4n) is 3.49. The largest absolute Gasteiger partial charge is 0.508 e. The molecule has 3 heteroatoms. The molecule has 0 atom stereocenters. The molecule has 0 bridgehead atoms. The van der Waals surface area contributed by atoms with Crippen LogP contribution in [0.5, 0.6) is 5.75 Å². The summed E-state index contributed by atoms with van der Waals surface area (Å²) in [7, 11) is 0. The molecule has 130 valence electrons. The molecular weight excluding hydrogens is 320 g/mol. The summed E-state index contributed by atoms with van der Waals surface area (Å²) in [4.78, 5) is 4.80. The molecule has 0 aliphatic heterocycles. The number of phenolic OH excluding ortho intramolecular Hbond substituents is 1. The van der Waals surface area contributed by atoms with Crippen LogP contribution in [0, 0.1) is 6.92 Å². The lowest BCUT2D eigenvalue weighted by molar-refractivity contribution is 0.476. The van der Waals surface area contributed by atoms with Gasteiger partial charge in [-0.25, -0.2) is 4.99 Å². The van der Waals surface area contributed by atoms with Crippen LogP contribution >= 0.6 is 0 Å². The van der Waals surface area contributed by atoms with Crippen LogP contribution in [0.4, 0.5) is 5.69 Å². The minimum atomic E-state index is 0.258. The Hall–Kier alpha value is -3.07. The lowest BCUT2D eigenvalue weighted by Gasteiger charge is -2.10. The first-order valence-electron chi connectivity index (χ1n) is 8.91. The third kappa shape index (κ3) is 2.76. The topological polar surface area (TPSA) is 37.5 Å². The summed E-state index contributed by atoms with van der Waals surface area (Å²) < 4.78 is 2.05. The van der Waals surface area contributed by atoms with E-state index in [1.807, 2.05) is 29.1 Å². The fraction of sp³-hybridized carbons (Fsp3) is 0.174. The Bertz CT molecular complexity index is 1140. The van der Waals surface area contributed by atoms with Gasteiger partial charge in [-0.2, -0.15) is 0 Å².